The first-order chi connectivity index (χ1) is 13.8. The van der Waals surface area contributed by atoms with Gasteiger partial charge in [0.05, 0.1) is 12.0 Å². The topological polar surface area (TPSA) is 53.1 Å². The Kier molecular flexibility index (Phi) is 5.58. The van der Waals surface area contributed by atoms with E-state index < -0.39 is 0 Å². The summed E-state index contributed by atoms with van der Waals surface area (Å²) in [5.41, 5.74) is 2.07. The highest BCUT2D eigenvalue weighted by atomic mass is 32.2. The van der Waals surface area contributed by atoms with E-state index in [2.05, 4.69) is 16.8 Å². The second-order valence-electron chi connectivity index (χ2n) is 5.99. The minimum Gasteiger partial charge on any atom is -0.489 e. The smallest absolute Gasteiger partial charge is 0.205 e. The van der Waals surface area contributed by atoms with E-state index in [0.717, 1.165) is 27.9 Å². The lowest BCUT2D eigenvalue weighted by atomic mass is 10.2. The Balaban J connectivity index is 1.59. The number of aromatic nitrogens is 3. The molecule has 2 aromatic carbocycles. The first-order valence-electron chi connectivity index (χ1n) is 8.85. The van der Waals surface area contributed by atoms with Crippen molar-refractivity contribution in [1.82, 2.24) is 14.8 Å². The summed E-state index contributed by atoms with van der Waals surface area (Å²) < 4.78 is 13.4. The fourth-order valence-corrected chi connectivity index (χ4v) is 3.41. The largest absolute Gasteiger partial charge is 0.489 e. The van der Waals surface area contributed by atoms with Crippen molar-refractivity contribution in [3.8, 4) is 23.0 Å². The predicted molar refractivity (Wildman–Crippen MR) is 111 cm³/mol. The molecule has 0 amide bonds. The molecule has 6 heteroatoms. The Morgan fingerprint density at radius 1 is 1.00 bits per heavy atom. The second kappa shape index (κ2) is 8.63. The van der Waals surface area contributed by atoms with Crippen LogP contribution in [0.2, 0.25) is 0 Å². The van der Waals surface area contributed by atoms with E-state index in [4.69, 9.17) is 9.15 Å². The molecular weight excluding hydrogens is 370 g/mol. The molecule has 0 aliphatic rings. The van der Waals surface area contributed by atoms with Gasteiger partial charge in [0.15, 0.2) is 10.9 Å². The van der Waals surface area contributed by atoms with Gasteiger partial charge in [-0.25, -0.2) is 0 Å². The zero-order valence-electron chi connectivity index (χ0n) is 15.2. The second-order valence-corrected chi connectivity index (χ2v) is 6.97. The number of hydrogen-bond donors (Lipinski definition) is 0. The molecule has 0 spiro atoms. The molecule has 28 heavy (non-hydrogen) atoms. The standard InChI is InChI=1S/C22H19N3O2S/c1-2-15-28-22-24-23-21(20-9-6-14-26-20)25(22)18-10-12-19(13-11-18)27-16-17-7-4-3-5-8-17/h2-14H,1,15-16H2. The fraction of sp³-hybridized carbons (Fsp3) is 0.0909. The van der Waals surface area contributed by atoms with Crippen LogP contribution in [0.15, 0.2) is 95.2 Å². The molecule has 140 valence electrons. The van der Waals surface area contributed by atoms with Crippen LogP contribution in [-0.2, 0) is 6.61 Å². The van der Waals surface area contributed by atoms with E-state index in [0.29, 0.717) is 18.2 Å². The van der Waals surface area contributed by atoms with E-state index in [1.807, 2.05) is 77.4 Å². The number of furan rings is 1. The molecule has 2 heterocycles. The van der Waals surface area contributed by atoms with Crippen LogP contribution in [-0.4, -0.2) is 20.5 Å². The van der Waals surface area contributed by atoms with Gasteiger partial charge in [-0.1, -0.05) is 48.2 Å². The molecule has 0 saturated heterocycles. The van der Waals surface area contributed by atoms with Crippen LogP contribution in [0.5, 0.6) is 5.75 Å². The molecule has 0 fully saturated rings. The van der Waals surface area contributed by atoms with Crippen molar-refractivity contribution in [3.63, 3.8) is 0 Å². The number of thioether (sulfide) groups is 1. The maximum Gasteiger partial charge on any atom is 0.205 e. The van der Waals surface area contributed by atoms with Gasteiger partial charge in [0.25, 0.3) is 0 Å². The Hall–Kier alpha value is -3.25. The first-order valence-corrected chi connectivity index (χ1v) is 9.84. The van der Waals surface area contributed by atoms with E-state index in [1.54, 1.807) is 18.0 Å². The first kappa shape index (κ1) is 18.1. The molecule has 5 nitrogen and oxygen atoms in total. The van der Waals surface area contributed by atoms with Crippen LogP contribution in [0.4, 0.5) is 0 Å². The number of benzene rings is 2. The van der Waals surface area contributed by atoms with Gasteiger partial charge in [0, 0.05) is 5.75 Å². The number of ether oxygens (including phenoxy) is 1. The Labute approximate surface area is 167 Å². The molecule has 2 aromatic heterocycles. The number of rotatable bonds is 8. The molecule has 0 unspecified atom stereocenters. The zero-order chi connectivity index (χ0) is 19.2. The number of nitrogens with zero attached hydrogens (tertiary/aromatic N) is 3. The molecule has 0 atom stereocenters. The third-order valence-electron chi connectivity index (χ3n) is 4.05. The van der Waals surface area contributed by atoms with E-state index in [-0.39, 0.29) is 0 Å². The van der Waals surface area contributed by atoms with Gasteiger partial charge in [0.2, 0.25) is 5.82 Å². The van der Waals surface area contributed by atoms with E-state index in [1.165, 1.54) is 0 Å². The Bertz CT molecular complexity index is 1030. The average Bonchev–Trinajstić information content (AvgIpc) is 3.41. The minimum atomic E-state index is 0.533. The summed E-state index contributed by atoms with van der Waals surface area (Å²) in [5.74, 6) is 2.88. The summed E-state index contributed by atoms with van der Waals surface area (Å²) in [4.78, 5) is 0. The van der Waals surface area contributed by atoms with E-state index in [9.17, 15) is 0 Å². The fourth-order valence-electron chi connectivity index (χ4n) is 2.73. The molecular formula is C22H19N3O2S. The summed E-state index contributed by atoms with van der Waals surface area (Å²) in [7, 11) is 0. The van der Waals surface area contributed by atoms with Gasteiger partial charge in [0.1, 0.15) is 12.4 Å². The minimum absolute atomic E-state index is 0.533. The third kappa shape index (κ3) is 4.02. The van der Waals surface area contributed by atoms with Crippen molar-refractivity contribution in [2.24, 2.45) is 0 Å². The number of hydrogen-bond acceptors (Lipinski definition) is 5. The quantitative estimate of drug-likeness (QED) is 0.299. The van der Waals surface area contributed by atoms with Crippen LogP contribution in [0.1, 0.15) is 5.56 Å². The monoisotopic (exact) mass is 389 g/mol. The molecule has 0 saturated carbocycles. The summed E-state index contributed by atoms with van der Waals surface area (Å²) in [6.45, 7) is 4.31. The molecule has 0 aliphatic carbocycles. The Morgan fingerprint density at radius 3 is 2.54 bits per heavy atom. The van der Waals surface area contributed by atoms with Gasteiger partial charge >= 0.3 is 0 Å². The molecule has 4 rings (SSSR count). The van der Waals surface area contributed by atoms with Crippen LogP contribution in [0.3, 0.4) is 0 Å². The highest BCUT2D eigenvalue weighted by molar-refractivity contribution is 7.99. The van der Waals surface area contributed by atoms with Crippen LogP contribution < -0.4 is 4.74 Å². The highest BCUT2D eigenvalue weighted by Crippen LogP contribution is 2.29. The van der Waals surface area contributed by atoms with Crippen molar-refractivity contribution >= 4 is 11.8 Å². The predicted octanol–water partition coefficient (Wildman–Crippen LogP) is 5.38. The van der Waals surface area contributed by atoms with Gasteiger partial charge in [-0.15, -0.1) is 16.8 Å². The van der Waals surface area contributed by atoms with Crippen molar-refractivity contribution in [1.29, 1.82) is 0 Å². The van der Waals surface area contributed by atoms with Gasteiger partial charge in [-0.2, -0.15) is 0 Å². The Morgan fingerprint density at radius 2 is 1.82 bits per heavy atom. The summed E-state index contributed by atoms with van der Waals surface area (Å²) >= 11 is 1.57. The van der Waals surface area contributed by atoms with Crippen molar-refractivity contribution in [3.05, 3.63) is 91.2 Å². The van der Waals surface area contributed by atoms with Crippen LogP contribution in [0, 0.1) is 0 Å². The van der Waals surface area contributed by atoms with Gasteiger partial charge in [-0.05, 0) is 42.0 Å². The lowest BCUT2D eigenvalue weighted by Gasteiger charge is -2.11. The third-order valence-corrected chi connectivity index (χ3v) is 4.97. The summed E-state index contributed by atoms with van der Waals surface area (Å²) in [5, 5.41) is 9.42. The van der Waals surface area contributed by atoms with Gasteiger partial charge in [-0.3, -0.25) is 4.57 Å². The molecule has 0 radical (unpaired) electrons. The average molecular weight is 389 g/mol. The van der Waals surface area contributed by atoms with Crippen molar-refractivity contribution in [2.45, 2.75) is 11.8 Å². The van der Waals surface area contributed by atoms with E-state index >= 15 is 0 Å². The maximum atomic E-state index is 5.88. The lowest BCUT2D eigenvalue weighted by molar-refractivity contribution is 0.306. The molecule has 0 bridgehead atoms. The highest BCUT2D eigenvalue weighted by Gasteiger charge is 2.17. The van der Waals surface area contributed by atoms with Gasteiger partial charge < -0.3 is 9.15 Å². The summed E-state index contributed by atoms with van der Waals surface area (Å²) in [6.07, 6.45) is 3.47. The zero-order valence-corrected chi connectivity index (χ0v) is 16.0. The summed E-state index contributed by atoms with van der Waals surface area (Å²) in [6, 6.07) is 21.7. The van der Waals surface area contributed by atoms with Crippen molar-refractivity contribution in [2.75, 3.05) is 5.75 Å². The molecule has 0 N–H and O–H groups in total. The SMILES string of the molecule is C=CCSc1nnc(-c2ccco2)n1-c1ccc(OCc2ccccc2)cc1. The van der Waals surface area contributed by atoms with Crippen LogP contribution in [0.25, 0.3) is 17.3 Å². The van der Waals surface area contributed by atoms with Crippen molar-refractivity contribution < 1.29 is 9.15 Å². The normalized spacial score (nSPS) is 10.7. The lowest BCUT2D eigenvalue weighted by Crippen LogP contribution is -2.00. The molecule has 4 aromatic rings. The maximum absolute atomic E-state index is 5.88. The van der Waals surface area contributed by atoms with Crippen LogP contribution >= 0.6 is 11.8 Å². The molecule has 0 aliphatic heterocycles.